The molecule has 0 radical (unpaired) electrons. The molecule has 0 aromatic rings. The summed E-state index contributed by atoms with van der Waals surface area (Å²) in [5.41, 5.74) is 3.27. The van der Waals surface area contributed by atoms with E-state index in [0.717, 1.165) is 24.7 Å². The average Bonchev–Trinajstić information content (AvgIpc) is 2.99. The maximum absolute atomic E-state index is 9.96. The van der Waals surface area contributed by atoms with Crippen molar-refractivity contribution >= 4 is 0 Å². The summed E-state index contributed by atoms with van der Waals surface area (Å²) in [6, 6.07) is 0. The van der Waals surface area contributed by atoms with Gasteiger partial charge in [-0.15, -0.1) is 6.58 Å². The average molecular weight is 401 g/mol. The summed E-state index contributed by atoms with van der Waals surface area (Å²) in [5.74, 6) is 2.32. The zero-order chi connectivity index (χ0) is 21.5. The van der Waals surface area contributed by atoms with E-state index in [4.69, 9.17) is 0 Å². The first-order chi connectivity index (χ1) is 13.7. The molecule has 0 aromatic heterocycles. The predicted molar refractivity (Wildman–Crippen MR) is 128 cm³/mol. The van der Waals surface area contributed by atoms with Crippen LogP contribution in [-0.2, 0) is 0 Å². The Hall–Kier alpha value is -0.820. The van der Waals surface area contributed by atoms with Gasteiger partial charge in [-0.3, -0.25) is 0 Å². The molecule has 0 aromatic carbocycles. The second-order valence-electron chi connectivity index (χ2n) is 11.1. The maximum atomic E-state index is 9.96. The Morgan fingerprint density at radius 3 is 2.72 bits per heavy atom. The SMILES string of the molecule is C=CC(C)CCC/C(C)=C/C=C1\CCCC2(C)C(CCCCC(C)(C)O)CCC12. The van der Waals surface area contributed by atoms with Gasteiger partial charge in [0.05, 0.1) is 5.60 Å². The van der Waals surface area contributed by atoms with E-state index < -0.39 is 5.60 Å². The van der Waals surface area contributed by atoms with Gasteiger partial charge in [0.2, 0.25) is 0 Å². The Kier molecular flexibility index (Phi) is 9.26. The molecular weight excluding hydrogens is 352 g/mol. The van der Waals surface area contributed by atoms with Crippen molar-refractivity contribution < 1.29 is 5.11 Å². The van der Waals surface area contributed by atoms with Crippen LogP contribution < -0.4 is 0 Å². The first-order valence-corrected chi connectivity index (χ1v) is 12.4. The lowest BCUT2D eigenvalue weighted by Crippen LogP contribution is -2.33. The third-order valence-corrected chi connectivity index (χ3v) is 7.97. The monoisotopic (exact) mass is 400 g/mol. The van der Waals surface area contributed by atoms with Gasteiger partial charge in [0, 0.05) is 0 Å². The molecule has 0 bridgehead atoms. The summed E-state index contributed by atoms with van der Waals surface area (Å²) in [6.45, 7) is 14.9. The van der Waals surface area contributed by atoms with E-state index in [1.807, 2.05) is 13.8 Å². The number of fused-ring (bicyclic) bond motifs is 1. The molecule has 29 heavy (non-hydrogen) atoms. The van der Waals surface area contributed by atoms with Crippen LogP contribution in [0.15, 0.2) is 36.0 Å². The van der Waals surface area contributed by atoms with Crippen LogP contribution in [-0.4, -0.2) is 10.7 Å². The van der Waals surface area contributed by atoms with E-state index in [0.29, 0.717) is 11.3 Å². The summed E-state index contributed by atoms with van der Waals surface area (Å²) < 4.78 is 0. The summed E-state index contributed by atoms with van der Waals surface area (Å²) >= 11 is 0. The third-order valence-electron chi connectivity index (χ3n) is 7.97. The highest BCUT2D eigenvalue weighted by molar-refractivity contribution is 5.24. The van der Waals surface area contributed by atoms with Gasteiger partial charge in [0.1, 0.15) is 0 Å². The molecule has 0 aliphatic heterocycles. The van der Waals surface area contributed by atoms with Crippen molar-refractivity contribution in [1.29, 1.82) is 0 Å². The molecule has 0 amide bonds. The highest BCUT2D eigenvalue weighted by Gasteiger charge is 2.48. The number of unbranched alkanes of at least 4 members (excludes halogenated alkanes) is 1. The number of hydrogen-bond acceptors (Lipinski definition) is 1. The molecule has 1 N–H and O–H groups in total. The van der Waals surface area contributed by atoms with Crippen LogP contribution >= 0.6 is 0 Å². The maximum Gasteiger partial charge on any atom is 0.0591 e. The van der Waals surface area contributed by atoms with Gasteiger partial charge in [0.25, 0.3) is 0 Å². The Labute approximate surface area is 181 Å². The van der Waals surface area contributed by atoms with E-state index in [1.165, 1.54) is 69.8 Å². The lowest BCUT2D eigenvalue weighted by Gasteiger charge is -2.42. The fourth-order valence-electron chi connectivity index (χ4n) is 5.92. The quantitative estimate of drug-likeness (QED) is 0.272. The second-order valence-corrected chi connectivity index (χ2v) is 11.1. The number of hydrogen-bond donors (Lipinski definition) is 1. The minimum atomic E-state index is -0.503. The molecule has 4 unspecified atom stereocenters. The Balaban J connectivity index is 1.90. The van der Waals surface area contributed by atoms with Crippen molar-refractivity contribution in [2.75, 3.05) is 0 Å². The van der Waals surface area contributed by atoms with Gasteiger partial charge >= 0.3 is 0 Å². The number of aliphatic hydroxyl groups is 1. The fraction of sp³-hybridized carbons (Fsp3) is 0.786. The third kappa shape index (κ3) is 7.42. The van der Waals surface area contributed by atoms with Crippen molar-refractivity contribution in [3.05, 3.63) is 36.0 Å². The van der Waals surface area contributed by atoms with Crippen molar-refractivity contribution in [2.45, 2.75) is 117 Å². The van der Waals surface area contributed by atoms with E-state index >= 15 is 0 Å². The normalized spacial score (nSPS) is 30.4. The molecule has 166 valence electrons. The van der Waals surface area contributed by atoms with Gasteiger partial charge in [-0.25, -0.2) is 0 Å². The lowest BCUT2D eigenvalue weighted by atomic mass is 9.62. The van der Waals surface area contributed by atoms with Crippen LogP contribution in [0, 0.1) is 23.2 Å². The highest BCUT2D eigenvalue weighted by atomic mass is 16.3. The Bertz CT molecular complexity index is 576. The largest absolute Gasteiger partial charge is 0.390 e. The van der Waals surface area contributed by atoms with Crippen LogP contribution in [0.5, 0.6) is 0 Å². The summed E-state index contributed by atoms with van der Waals surface area (Å²) in [5, 5.41) is 9.96. The van der Waals surface area contributed by atoms with E-state index in [2.05, 4.69) is 45.6 Å². The highest BCUT2D eigenvalue weighted by Crippen LogP contribution is 2.58. The first kappa shape index (κ1) is 24.4. The summed E-state index contributed by atoms with van der Waals surface area (Å²) in [7, 11) is 0. The van der Waals surface area contributed by atoms with Gasteiger partial charge in [-0.05, 0) is 108 Å². The van der Waals surface area contributed by atoms with Gasteiger partial charge in [-0.2, -0.15) is 0 Å². The second kappa shape index (κ2) is 11.0. The molecule has 2 aliphatic carbocycles. The molecule has 0 saturated heterocycles. The van der Waals surface area contributed by atoms with Crippen LogP contribution in [0.3, 0.4) is 0 Å². The Morgan fingerprint density at radius 1 is 1.28 bits per heavy atom. The lowest BCUT2D eigenvalue weighted by molar-refractivity contribution is 0.0660. The molecule has 2 aliphatic rings. The molecule has 2 fully saturated rings. The van der Waals surface area contributed by atoms with Crippen molar-refractivity contribution in [2.24, 2.45) is 23.2 Å². The standard InChI is InChI=1S/C28H48O/c1-7-22(2)12-10-13-23(3)16-17-24-14-11-21-28(6)25(18-19-26(24)28)15-8-9-20-27(4,5)29/h7,16-17,22,25-26,29H,1,8-15,18-21H2,2-6H3/b23-16+,24-17+. The summed E-state index contributed by atoms with van der Waals surface area (Å²) in [6.07, 6.45) is 22.3. The first-order valence-electron chi connectivity index (χ1n) is 12.4. The zero-order valence-electron chi connectivity index (χ0n) is 20.1. The smallest absolute Gasteiger partial charge is 0.0591 e. The van der Waals surface area contributed by atoms with E-state index in [9.17, 15) is 5.11 Å². The Morgan fingerprint density at radius 2 is 2.03 bits per heavy atom. The molecular formula is C28H48O. The van der Waals surface area contributed by atoms with Crippen molar-refractivity contribution in [3.63, 3.8) is 0 Å². The predicted octanol–water partition coefficient (Wildman–Crippen LogP) is 8.40. The van der Waals surface area contributed by atoms with E-state index in [-0.39, 0.29) is 0 Å². The molecule has 0 spiro atoms. The molecule has 2 saturated carbocycles. The molecule has 4 atom stereocenters. The zero-order valence-corrected chi connectivity index (χ0v) is 20.1. The van der Waals surface area contributed by atoms with Gasteiger partial charge < -0.3 is 5.11 Å². The van der Waals surface area contributed by atoms with Crippen molar-refractivity contribution in [1.82, 2.24) is 0 Å². The number of rotatable bonds is 11. The summed E-state index contributed by atoms with van der Waals surface area (Å²) in [4.78, 5) is 0. The van der Waals surface area contributed by atoms with Gasteiger partial charge in [0.15, 0.2) is 0 Å². The molecule has 1 heteroatoms. The number of allylic oxidation sites excluding steroid dienone is 5. The van der Waals surface area contributed by atoms with Crippen LogP contribution in [0.25, 0.3) is 0 Å². The molecule has 2 rings (SSSR count). The van der Waals surface area contributed by atoms with Crippen LogP contribution in [0.4, 0.5) is 0 Å². The minimum Gasteiger partial charge on any atom is -0.390 e. The van der Waals surface area contributed by atoms with Gasteiger partial charge in [-0.1, -0.05) is 56.1 Å². The van der Waals surface area contributed by atoms with Crippen LogP contribution in [0.1, 0.15) is 112 Å². The fourth-order valence-corrected chi connectivity index (χ4v) is 5.92. The molecule has 0 heterocycles. The van der Waals surface area contributed by atoms with E-state index in [1.54, 1.807) is 5.57 Å². The minimum absolute atomic E-state index is 0.503. The van der Waals surface area contributed by atoms with Crippen LogP contribution in [0.2, 0.25) is 0 Å². The topological polar surface area (TPSA) is 20.2 Å². The molecule has 1 nitrogen and oxygen atoms in total. The van der Waals surface area contributed by atoms with Crippen molar-refractivity contribution in [3.8, 4) is 0 Å².